The van der Waals surface area contributed by atoms with Crippen LogP contribution in [0.1, 0.15) is 15.9 Å². The highest BCUT2D eigenvalue weighted by Crippen LogP contribution is 2.20. The molecule has 0 unspecified atom stereocenters. The zero-order valence-corrected chi connectivity index (χ0v) is 12.0. The Bertz CT molecular complexity index is 581. The van der Waals surface area contributed by atoms with Crippen LogP contribution < -0.4 is 4.74 Å². The van der Waals surface area contributed by atoms with Crippen LogP contribution in [0.25, 0.3) is 0 Å². The minimum absolute atomic E-state index is 0.321. The molecule has 0 aromatic heterocycles. The lowest BCUT2D eigenvalue weighted by atomic mass is 10.1. The molecule has 0 radical (unpaired) electrons. The van der Waals surface area contributed by atoms with E-state index in [0.29, 0.717) is 12.2 Å². The second kappa shape index (κ2) is 6.38. The SMILES string of the molecule is COC(=O)c1ccccc1COc1cccc(Br)c1. The highest BCUT2D eigenvalue weighted by atomic mass is 79.9. The molecule has 4 heteroatoms. The van der Waals surface area contributed by atoms with Gasteiger partial charge in [0, 0.05) is 10.0 Å². The van der Waals surface area contributed by atoms with Crippen molar-refractivity contribution in [3.63, 3.8) is 0 Å². The van der Waals surface area contributed by atoms with Crippen molar-refractivity contribution < 1.29 is 14.3 Å². The Hall–Kier alpha value is -1.81. The van der Waals surface area contributed by atoms with Gasteiger partial charge in [0.25, 0.3) is 0 Å². The molecular formula is C15H13BrO3. The molecule has 19 heavy (non-hydrogen) atoms. The molecular weight excluding hydrogens is 308 g/mol. The highest BCUT2D eigenvalue weighted by Gasteiger charge is 2.11. The van der Waals surface area contributed by atoms with Gasteiger partial charge in [-0.3, -0.25) is 0 Å². The van der Waals surface area contributed by atoms with Crippen LogP contribution in [-0.2, 0) is 11.3 Å². The van der Waals surface area contributed by atoms with Crippen LogP contribution in [0.3, 0.4) is 0 Å². The molecule has 98 valence electrons. The van der Waals surface area contributed by atoms with Gasteiger partial charge in [0.1, 0.15) is 12.4 Å². The minimum atomic E-state index is -0.353. The molecule has 0 bridgehead atoms. The van der Waals surface area contributed by atoms with Crippen molar-refractivity contribution in [3.8, 4) is 5.75 Å². The predicted molar refractivity (Wildman–Crippen MR) is 76.3 cm³/mol. The minimum Gasteiger partial charge on any atom is -0.489 e. The van der Waals surface area contributed by atoms with Crippen LogP contribution >= 0.6 is 15.9 Å². The Labute approximate surface area is 120 Å². The quantitative estimate of drug-likeness (QED) is 0.803. The Balaban J connectivity index is 2.13. The third-order valence-corrected chi connectivity index (χ3v) is 3.11. The number of halogens is 1. The second-order valence-electron chi connectivity index (χ2n) is 3.89. The maximum atomic E-state index is 11.6. The van der Waals surface area contributed by atoms with E-state index < -0.39 is 0 Å². The molecule has 0 aliphatic rings. The topological polar surface area (TPSA) is 35.5 Å². The lowest BCUT2D eigenvalue weighted by molar-refractivity contribution is 0.0597. The van der Waals surface area contributed by atoms with Gasteiger partial charge in [0.2, 0.25) is 0 Å². The number of carbonyl (C=O) groups excluding carboxylic acids is 1. The first kappa shape index (κ1) is 13.6. The molecule has 2 rings (SSSR count). The van der Waals surface area contributed by atoms with Crippen molar-refractivity contribution in [2.75, 3.05) is 7.11 Å². The summed E-state index contributed by atoms with van der Waals surface area (Å²) in [7, 11) is 1.37. The summed E-state index contributed by atoms with van der Waals surface area (Å²) in [5.41, 5.74) is 1.33. The van der Waals surface area contributed by atoms with E-state index in [0.717, 1.165) is 15.8 Å². The van der Waals surface area contributed by atoms with E-state index in [-0.39, 0.29) is 5.97 Å². The van der Waals surface area contributed by atoms with Crippen molar-refractivity contribution in [1.82, 2.24) is 0 Å². The first-order valence-electron chi connectivity index (χ1n) is 5.75. The Kier molecular flexibility index (Phi) is 4.58. The zero-order valence-electron chi connectivity index (χ0n) is 10.4. The smallest absolute Gasteiger partial charge is 0.338 e. The van der Waals surface area contributed by atoms with Crippen molar-refractivity contribution in [3.05, 3.63) is 64.1 Å². The summed E-state index contributed by atoms with van der Waals surface area (Å²) in [6, 6.07) is 14.8. The van der Waals surface area contributed by atoms with Gasteiger partial charge in [-0.25, -0.2) is 4.79 Å². The zero-order chi connectivity index (χ0) is 13.7. The van der Waals surface area contributed by atoms with Crippen molar-refractivity contribution in [2.45, 2.75) is 6.61 Å². The van der Waals surface area contributed by atoms with E-state index in [1.807, 2.05) is 36.4 Å². The molecule has 3 nitrogen and oxygen atoms in total. The van der Waals surface area contributed by atoms with E-state index in [4.69, 9.17) is 9.47 Å². The Morgan fingerprint density at radius 1 is 1.16 bits per heavy atom. The van der Waals surface area contributed by atoms with Crippen molar-refractivity contribution in [1.29, 1.82) is 0 Å². The summed E-state index contributed by atoms with van der Waals surface area (Å²) in [6.07, 6.45) is 0. The predicted octanol–water partition coefficient (Wildman–Crippen LogP) is 3.81. The summed E-state index contributed by atoms with van der Waals surface area (Å²) in [6.45, 7) is 0.321. The highest BCUT2D eigenvalue weighted by molar-refractivity contribution is 9.10. The normalized spacial score (nSPS) is 10.0. The van der Waals surface area contributed by atoms with Gasteiger partial charge >= 0.3 is 5.97 Å². The van der Waals surface area contributed by atoms with Crippen LogP contribution in [0.15, 0.2) is 53.0 Å². The molecule has 0 N–H and O–H groups in total. The van der Waals surface area contributed by atoms with Crippen LogP contribution in [0.4, 0.5) is 0 Å². The van der Waals surface area contributed by atoms with Crippen LogP contribution in [0.5, 0.6) is 5.75 Å². The molecule has 0 heterocycles. The Morgan fingerprint density at radius 3 is 2.68 bits per heavy atom. The van der Waals surface area contributed by atoms with Crippen molar-refractivity contribution in [2.24, 2.45) is 0 Å². The van der Waals surface area contributed by atoms with Gasteiger partial charge in [0.15, 0.2) is 0 Å². The summed E-state index contributed by atoms with van der Waals surface area (Å²) in [5, 5.41) is 0. The number of esters is 1. The van der Waals surface area contributed by atoms with Crippen molar-refractivity contribution >= 4 is 21.9 Å². The number of hydrogen-bond donors (Lipinski definition) is 0. The standard InChI is InChI=1S/C15H13BrO3/c1-18-15(17)14-8-3-2-5-11(14)10-19-13-7-4-6-12(16)9-13/h2-9H,10H2,1H3. The molecule has 0 atom stereocenters. The number of rotatable bonds is 4. The summed E-state index contributed by atoms with van der Waals surface area (Å²) >= 11 is 3.38. The van der Waals surface area contributed by atoms with Crippen LogP contribution in [-0.4, -0.2) is 13.1 Å². The van der Waals surface area contributed by atoms with Crippen LogP contribution in [0, 0.1) is 0 Å². The largest absolute Gasteiger partial charge is 0.489 e. The molecule has 0 saturated heterocycles. The average Bonchev–Trinajstić information content (AvgIpc) is 2.45. The molecule has 2 aromatic carbocycles. The van der Waals surface area contributed by atoms with E-state index in [1.165, 1.54) is 7.11 Å². The van der Waals surface area contributed by atoms with E-state index in [1.54, 1.807) is 12.1 Å². The van der Waals surface area contributed by atoms with Gasteiger partial charge < -0.3 is 9.47 Å². The molecule has 0 spiro atoms. The van der Waals surface area contributed by atoms with Gasteiger partial charge in [0.05, 0.1) is 12.7 Å². The molecule has 0 saturated carbocycles. The fraction of sp³-hybridized carbons (Fsp3) is 0.133. The first-order valence-corrected chi connectivity index (χ1v) is 6.54. The summed E-state index contributed by atoms with van der Waals surface area (Å²) in [4.78, 5) is 11.6. The third kappa shape index (κ3) is 3.58. The van der Waals surface area contributed by atoms with E-state index in [2.05, 4.69) is 15.9 Å². The molecule has 0 amide bonds. The van der Waals surface area contributed by atoms with Gasteiger partial charge in [-0.05, 0) is 24.3 Å². The van der Waals surface area contributed by atoms with E-state index in [9.17, 15) is 4.79 Å². The number of methoxy groups -OCH3 is 1. The second-order valence-corrected chi connectivity index (χ2v) is 4.81. The monoisotopic (exact) mass is 320 g/mol. The fourth-order valence-electron chi connectivity index (χ4n) is 1.67. The lowest BCUT2D eigenvalue weighted by Gasteiger charge is -2.10. The number of benzene rings is 2. The molecule has 0 fully saturated rings. The number of hydrogen-bond acceptors (Lipinski definition) is 3. The lowest BCUT2D eigenvalue weighted by Crippen LogP contribution is -2.07. The summed E-state index contributed by atoms with van der Waals surface area (Å²) in [5.74, 6) is 0.391. The molecule has 0 aliphatic carbocycles. The van der Waals surface area contributed by atoms with Gasteiger partial charge in [-0.15, -0.1) is 0 Å². The molecule has 2 aromatic rings. The molecule has 0 aliphatic heterocycles. The number of ether oxygens (including phenoxy) is 2. The van der Waals surface area contributed by atoms with Crippen LogP contribution in [0.2, 0.25) is 0 Å². The number of carbonyl (C=O) groups is 1. The Morgan fingerprint density at radius 2 is 1.95 bits per heavy atom. The maximum absolute atomic E-state index is 11.6. The third-order valence-electron chi connectivity index (χ3n) is 2.61. The van der Waals surface area contributed by atoms with E-state index >= 15 is 0 Å². The van der Waals surface area contributed by atoms with Gasteiger partial charge in [-0.1, -0.05) is 40.2 Å². The maximum Gasteiger partial charge on any atom is 0.338 e. The average molecular weight is 321 g/mol. The first-order chi connectivity index (χ1) is 9.20. The van der Waals surface area contributed by atoms with Gasteiger partial charge in [-0.2, -0.15) is 0 Å². The summed E-state index contributed by atoms with van der Waals surface area (Å²) < 4.78 is 11.4. The fourth-order valence-corrected chi connectivity index (χ4v) is 2.05.